The normalized spacial score (nSPS) is 4.00. The van der Waals surface area contributed by atoms with E-state index in [0.717, 1.165) is 0 Å². The minimum absolute atomic E-state index is 0. The molecule has 0 spiro atoms. The van der Waals surface area contributed by atoms with Crippen molar-refractivity contribution in [3.63, 3.8) is 0 Å². The Morgan fingerprint density at radius 1 is 1.67 bits per heavy atom. The molecule has 0 aliphatic rings. The summed E-state index contributed by atoms with van der Waals surface area (Å²) in [6.07, 6.45) is 0. The maximum Gasteiger partial charge on any atom is 2.00 e. The van der Waals surface area contributed by atoms with Crippen LogP contribution in [-0.4, -0.2) is 15.8 Å². The molecule has 0 saturated heterocycles. The molecule has 2 N–H and O–H groups in total. The summed E-state index contributed by atoms with van der Waals surface area (Å²) in [5.74, 6) is 0. The smallest absolute Gasteiger partial charge is 0.870 e. The van der Waals surface area contributed by atoms with Gasteiger partial charge in [0.25, 0.3) is 5.09 Å². The van der Waals surface area contributed by atoms with Gasteiger partial charge in [-0.05, 0) is 0 Å². The molecule has 6 heavy (non-hydrogen) atoms. The molecular weight excluding hydrogens is 142 g/mol. The summed E-state index contributed by atoms with van der Waals surface area (Å²) < 4.78 is 0. The van der Waals surface area contributed by atoms with E-state index in [2.05, 4.69) is 0 Å². The second-order valence-corrected chi connectivity index (χ2v) is 0.238. The Balaban J connectivity index is -0.0000000450. The second-order valence-electron chi connectivity index (χ2n) is 0.238. The molecule has 0 aliphatic heterocycles. The van der Waals surface area contributed by atoms with E-state index < -0.39 is 5.09 Å². The molecule has 5 nitrogen and oxygen atoms in total. The molecule has 0 amide bonds. The third kappa shape index (κ3) is 257. The van der Waals surface area contributed by atoms with Gasteiger partial charge >= 0.3 is 17.1 Å². The van der Waals surface area contributed by atoms with Gasteiger partial charge in [-0.1, -0.05) is 0 Å². The SMILES string of the molecule is O=[N+]([O-])O.[Cu+2].[OH-]. The second kappa shape index (κ2) is 8.82. The van der Waals surface area contributed by atoms with Crippen LogP contribution < -0.4 is 0 Å². The van der Waals surface area contributed by atoms with E-state index in [1.807, 2.05) is 0 Å². The van der Waals surface area contributed by atoms with Crippen LogP contribution in [0.2, 0.25) is 0 Å². The zero-order valence-electron chi connectivity index (χ0n) is 2.46. The molecular formula is H2CuNO4+. The number of nitrogens with zero attached hydrogens (tertiary/aromatic N) is 1. The van der Waals surface area contributed by atoms with Crippen molar-refractivity contribution in [3.8, 4) is 0 Å². The molecule has 0 fully saturated rings. The van der Waals surface area contributed by atoms with Crippen molar-refractivity contribution >= 4 is 0 Å². The standard InChI is InChI=1S/Cu.HNO3.H2O/c;2-1(3)4;/h;(H,2,3,4);1H2/q+2;;/p-1. The van der Waals surface area contributed by atoms with Crippen molar-refractivity contribution in [3.05, 3.63) is 10.1 Å². The summed E-state index contributed by atoms with van der Waals surface area (Å²) >= 11 is 0. The van der Waals surface area contributed by atoms with Crippen LogP contribution in [0.25, 0.3) is 0 Å². The zero-order valence-corrected chi connectivity index (χ0v) is 3.40. The number of rotatable bonds is 0. The van der Waals surface area contributed by atoms with Crippen molar-refractivity contribution < 1.29 is 32.8 Å². The topological polar surface area (TPSA) is 93.4 Å². The van der Waals surface area contributed by atoms with Crippen molar-refractivity contribution in [2.45, 2.75) is 0 Å². The van der Waals surface area contributed by atoms with Crippen LogP contribution in [0.15, 0.2) is 0 Å². The van der Waals surface area contributed by atoms with Gasteiger partial charge in [0.15, 0.2) is 0 Å². The minimum Gasteiger partial charge on any atom is -0.870 e. The summed E-state index contributed by atoms with van der Waals surface area (Å²) in [5.41, 5.74) is 0. The van der Waals surface area contributed by atoms with E-state index in [9.17, 15) is 0 Å². The van der Waals surface area contributed by atoms with Gasteiger partial charge in [-0.25, -0.2) is 0 Å². The monoisotopic (exact) mass is 143 g/mol. The Morgan fingerprint density at radius 2 is 1.67 bits per heavy atom. The van der Waals surface area contributed by atoms with Gasteiger partial charge in [-0.3, -0.25) is 0 Å². The van der Waals surface area contributed by atoms with Crippen molar-refractivity contribution in [2.75, 3.05) is 0 Å². The van der Waals surface area contributed by atoms with E-state index >= 15 is 0 Å². The molecule has 0 aromatic rings. The molecule has 0 bridgehead atoms. The largest absolute Gasteiger partial charge is 2.00 e. The summed E-state index contributed by atoms with van der Waals surface area (Å²) in [5, 5.41) is 13.6. The Hall–Kier alpha value is -0.321. The van der Waals surface area contributed by atoms with Crippen LogP contribution in [0, 0.1) is 10.1 Å². The van der Waals surface area contributed by atoms with Crippen LogP contribution in [0.1, 0.15) is 0 Å². The van der Waals surface area contributed by atoms with Crippen LogP contribution >= 0.6 is 0 Å². The van der Waals surface area contributed by atoms with E-state index in [0.29, 0.717) is 0 Å². The molecule has 0 saturated carbocycles. The van der Waals surface area contributed by atoms with Gasteiger partial charge in [-0.2, -0.15) is 0 Å². The fourth-order valence-corrected chi connectivity index (χ4v) is 0. The van der Waals surface area contributed by atoms with Crippen molar-refractivity contribution in [1.29, 1.82) is 0 Å². The molecule has 0 aromatic carbocycles. The Labute approximate surface area is 43.9 Å². The third-order valence-corrected chi connectivity index (χ3v) is 0. The minimum atomic E-state index is -1.50. The third-order valence-electron chi connectivity index (χ3n) is 0. The molecule has 0 atom stereocenters. The van der Waals surface area contributed by atoms with Gasteiger partial charge in [0.05, 0.1) is 0 Å². The van der Waals surface area contributed by atoms with Crippen molar-refractivity contribution in [1.82, 2.24) is 0 Å². The average Bonchev–Trinajstić information content (AvgIpc) is 0.811. The van der Waals surface area contributed by atoms with E-state index in [-0.39, 0.29) is 22.5 Å². The first-order chi connectivity index (χ1) is 1.73. The van der Waals surface area contributed by atoms with Gasteiger partial charge in [-0.15, -0.1) is 10.1 Å². The quantitative estimate of drug-likeness (QED) is 0.280. The zero-order chi connectivity index (χ0) is 3.58. The molecule has 1 radical (unpaired) electrons. The molecule has 0 rings (SSSR count). The fraction of sp³-hybridized carbons (Fsp3) is 0. The summed E-state index contributed by atoms with van der Waals surface area (Å²) in [4.78, 5) is 8.36. The number of hydrogen-bond acceptors (Lipinski definition) is 3. The molecule has 0 heterocycles. The Bertz CT molecular complexity index is 30.5. The maximum atomic E-state index is 8.36. The Kier molecular flexibility index (Phi) is 25.5. The molecule has 0 unspecified atom stereocenters. The summed E-state index contributed by atoms with van der Waals surface area (Å²) in [6.45, 7) is 0. The molecule has 0 aliphatic carbocycles. The Morgan fingerprint density at radius 3 is 1.67 bits per heavy atom. The van der Waals surface area contributed by atoms with Crippen LogP contribution in [0.5, 0.6) is 0 Å². The summed E-state index contributed by atoms with van der Waals surface area (Å²) in [7, 11) is 0. The van der Waals surface area contributed by atoms with Gasteiger partial charge < -0.3 is 10.7 Å². The van der Waals surface area contributed by atoms with Crippen LogP contribution in [0.3, 0.4) is 0 Å². The molecule has 6 heteroatoms. The summed E-state index contributed by atoms with van der Waals surface area (Å²) in [6, 6.07) is 0. The first-order valence-electron chi connectivity index (χ1n) is 0.565. The predicted octanol–water partition coefficient (Wildman–Crippen LogP) is -0.527. The number of hydrogen-bond donors (Lipinski definition) is 1. The van der Waals surface area contributed by atoms with E-state index in [4.69, 9.17) is 15.3 Å². The van der Waals surface area contributed by atoms with Gasteiger partial charge in [0.2, 0.25) is 0 Å². The fourth-order valence-electron chi connectivity index (χ4n) is 0. The van der Waals surface area contributed by atoms with Crippen LogP contribution in [-0.2, 0) is 17.1 Å². The predicted molar refractivity (Wildman–Crippen MR) is 10.7 cm³/mol. The van der Waals surface area contributed by atoms with Crippen molar-refractivity contribution in [2.24, 2.45) is 0 Å². The maximum absolute atomic E-state index is 8.36. The van der Waals surface area contributed by atoms with E-state index in [1.54, 1.807) is 0 Å². The average molecular weight is 144 g/mol. The molecule has 41 valence electrons. The first kappa shape index (κ1) is 17.3. The van der Waals surface area contributed by atoms with Gasteiger partial charge in [0, 0.05) is 0 Å². The van der Waals surface area contributed by atoms with E-state index in [1.165, 1.54) is 0 Å². The first-order valence-corrected chi connectivity index (χ1v) is 0.565. The van der Waals surface area contributed by atoms with Crippen LogP contribution in [0.4, 0.5) is 0 Å². The molecule has 0 aromatic heterocycles. The van der Waals surface area contributed by atoms with Gasteiger partial charge in [0.1, 0.15) is 0 Å².